The van der Waals surface area contributed by atoms with Crippen molar-refractivity contribution in [3.8, 4) is 0 Å². The van der Waals surface area contributed by atoms with Crippen LogP contribution in [-0.4, -0.2) is 36.7 Å². The fourth-order valence-electron chi connectivity index (χ4n) is 0.601. The first-order valence-corrected chi connectivity index (χ1v) is 5.66. The number of esters is 1. The van der Waals surface area contributed by atoms with Crippen LogP contribution < -0.4 is 0 Å². The fourth-order valence-corrected chi connectivity index (χ4v) is 1.04. The Balaban J connectivity index is 4.87. The molecule has 5 nitrogen and oxygen atoms in total. The minimum atomic E-state index is -6.30. The summed E-state index contributed by atoms with van der Waals surface area (Å²) in [6.07, 6.45) is 0. The van der Waals surface area contributed by atoms with Gasteiger partial charge in [-0.1, -0.05) is 13.8 Å². The van der Waals surface area contributed by atoms with E-state index >= 15 is 0 Å². The monoisotopic (exact) mass is 282 g/mol. The van der Waals surface area contributed by atoms with Crippen molar-refractivity contribution in [2.24, 2.45) is 5.92 Å². The molecule has 0 aliphatic rings. The van der Waals surface area contributed by atoms with Crippen LogP contribution in [0.5, 0.6) is 0 Å². The lowest BCUT2D eigenvalue weighted by atomic mass is 10.2. The highest BCUT2D eigenvalue weighted by Gasteiger charge is 2.66. The van der Waals surface area contributed by atoms with E-state index in [1.165, 1.54) is 13.8 Å². The molecule has 0 unspecified atom stereocenters. The van der Waals surface area contributed by atoms with Gasteiger partial charge in [0.15, 0.2) is 6.61 Å². The Morgan fingerprint density at radius 3 is 2.00 bits per heavy atom. The van der Waals surface area contributed by atoms with Crippen LogP contribution in [0.3, 0.4) is 0 Å². The minimum Gasteiger partial charge on any atom is -0.459 e. The molecule has 0 atom stereocenters. The Hall–Kier alpha value is -0.900. The van der Waals surface area contributed by atoms with Gasteiger partial charge in [-0.2, -0.15) is 26.0 Å². The molecule has 0 amide bonds. The molecule has 0 saturated heterocycles. The van der Waals surface area contributed by atoms with Crippen LogP contribution in [0.25, 0.3) is 0 Å². The van der Waals surface area contributed by atoms with E-state index in [0.717, 1.165) is 0 Å². The number of hydrogen-bond donors (Lipinski definition) is 1. The van der Waals surface area contributed by atoms with E-state index in [1.54, 1.807) is 0 Å². The maximum atomic E-state index is 12.8. The van der Waals surface area contributed by atoms with Gasteiger partial charge in [0.05, 0.1) is 5.92 Å². The summed E-state index contributed by atoms with van der Waals surface area (Å²) in [5, 5.41) is -5.72. The molecule has 0 bridgehead atoms. The SMILES string of the molecule is CC(C)C(=O)OCC(F)(F)C(F)(F)S(=O)(=O)O. The van der Waals surface area contributed by atoms with E-state index < -0.39 is 39.8 Å². The van der Waals surface area contributed by atoms with Crippen molar-refractivity contribution in [3.05, 3.63) is 0 Å². The van der Waals surface area contributed by atoms with Gasteiger partial charge in [0.25, 0.3) is 0 Å². The molecule has 0 radical (unpaired) electrons. The lowest BCUT2D eigenvalue weighted by molar-refractivity contribution is -0.198. The van der Waals surface area contributed by atoms with Gasteiger partial charge >= 0.3 is 27.3 Å². The van der Waals surface area contributed by atoms with Crippen molar-refractivity contribution in [2.75, 3.05) is 6.61 Å². The summed E-state index contributed by atoms with van der Waals surface area (Å²) in [6, 6.07) is 0. The third-order valence-corrected chi connectivity index (χ3v) is 2.56. The van der Waals surface area contributed by atoms with Crippen LogP contribution in [0.2, 0.25) is 0 Å². The van der Waals surface area contributed by atoms with Crippen LogP contribution in [0, 0.1) is 5.92 Å². The number of carbonyl (C=O) groups is 1. The molecule has 0 fully saturated rings. The van der Waals surface area contributed by atoms with Gasteiger partial charge in [-0.3, -0.25) is 9.35 Å². The van der Waals surface area contributed by atoms with Crippen molar-refractivity contribution in [3.63, 3.8) is 0 Å². The number of halogens is 4. The van der Waals surface area contributed by atoms with E-state index in [4.69, 9.17) is 4.55 Å². The fraction of sp³-hybridized carbons (Fsp3) is 0.857. The lowest BCUT2D eigenvalue weighted by Gasteiger charge is -2.23. The van der Waals surface area contributed by atoms with Crippen LogP contribution in [0.15, 0.2) is 0 Å². The first-order valence-electron chi connectivity index (χ1n) is 4.22. The summed E-state index contributed by atoms with van der Waals surface area (Å²) < 4.78 is 82.6. The Morgan fingerprint density at radius 2 is 1.71 bits per heavy atom. The summed E-state index contributed by atoms with van der Waals surface area (Å²) in [5.74, 6) is -7.26. The van der Waals surface area contributed by atoms with Crippen LogP contribution in [0.1, 0.15) is 13.8 Å². The number of hydrogen-bond acceptors (Lipinski definition) is 4. The molecule has 17 heavy (non-hydrogen) atoms. The number of ether oxygens (including phenoxy) is 1. The van der Waals surface area contributed by atoms with Crippen LogP contribution in [-0.2, 0) is 19.6 Å². The Bertz CT molecular complexity index is 389. The number of rotatable bonds is 5. The quantitative estimate of drug-likeness (QED) is 0.467. The number of carbonyl (C=O) groups excluding carboxylic acids is 1. The van der Waals surface area contributed by atoms with Gasteiger partial charge < -0.3 is 4.74 Å². The zero-order valence-electron chi connectivity index (χ0n) is 8.78. The standard InChI is InChI=1S/C7H10F4O5S/c1-4(2)5(12)16-3-6(8,9)7(10,11)17(13,14)15/h4H,3H2,1-2H3,(H,13,14,15). The van der Waals surface area contributed by atoms with Crippen molar-refractivity contribution in [2.45, 2.75) is 25.0 Å². The lowest BCUT2D eigenvalue weighted by Crippen LogP contribution is -2.50. The summed E-state index contributed by atoms with van der Waals surface area (Å²) in [5.41, 5.74) is 0. The highest BCUT2D eigenvalue weighted by Crippen LogP contribution is 2.38. The van der Waals surface area contributed by atoms with E-state index in [2.05, 4.69) is 4.74 Å². The Labute approximate surface area is 94.5 Å². The first-order chi connectivity index (χ1) is 7.33. The van der Waals surface area contributed by atoms with E-state index in [0.29, 0.717) is 0 Å². The summed E-state index contributed by atoms with van der Waals surface area (Å²) in [6.45, 7) is 0.389. The molecule has 0 spiro atoms. The molecule has 0 aromatic carbocycles. The largest absolute Gasteiger partial charge is 0.459 e. The van der Waals surface area contributed by atoms with Crippen LogP contribution in [0.4, 0.5) is 17.6 Å². The maximum Gasteiger partial charge on any atom is 0.435 e. The van der Waals surface area contributed by atoms with Gasteiger partial charge in [0.1, 0.15) is 0 Å². The third kappa shape index (κ3) is 3.53. The topological polar surface area (TPSA) is 80.7 Å². The van der Waals surface area contributed by atoms with Gasteiger partial charge in [0, 0.05) is 0 Å². The molecule has 0 saturated carbocycles. The second-order valence-corrected chi connectivity index (χ2v) is 4.92. The minimum absolute atomic E-state index is 0.842. The Kier molecular flexibility index (Phi) is 4.51. The van der Waals surface area contributed by atoms with Gasteiger partial charge in [-0.05, 0) is 0 Å². The van der Waals surface area contributed by atoms with E-state index in [-0.39, 0.29) is 0 Å². The van der Waals surface area contributed by atoms with Crippen LogP contribution >= 0.6 is 0 Å². The smallest absolute Gasteiger partial charge is 0.435 e. The molecule has 0 aromatic rings. The molecular weight excluding hydrogens is 272 g/mol. The maximum absolute atomic E-state index is 12.8. The molecule has 0 aliphatic carbocycles. The number of alkyl halides is 4. The van der Waals surface area contributed by atoms with Crippen molar-refractivity contribution in [1.29, 1.82) is 0 Å². The van der Waals surface area contributed by atoms with Crippen molar-refractivity contribution >= 4 is 16.1 Å². The average Bonchev–Trinajstić information content (AvgIpc) is 2.11. The molecule has 0 heterocycles. The summed E-state index contributed by atoms with van der Waals surface area (Å²) >= 11 is 0. The first kappa shape index (κ1) is 16.1. The Morgan fingerprint density at radius 1 is 1.29 bits per heavy atom. The molecule has 0 aromatic heterocycles. The molecule has 102 valence electrons. The van der Waals surface area contributed by atoms with E-state index in [9.17, 15) is 30.8 Å². The predicted octanol–water partition coefficient (Wildman–Crippen LogP) is 1.30. The predicted molar refractivity (Wildman–Crippen MR) is 47.2 cm³/mol. The highest BCUT2D eigenvalue weighted by molar-refractivity contribution is 7.87. The van der Waals surface area contributed by atoms with Gasteiger partial charge in [-0.25, -0.2) is 0 Å². The molecular formula is C7H10F4O5S. The second kappa shape index (κ2) is 4.77. The van der Waals surface area contributed by atoms with Gasteiger partial charge in [0.2, 0.25) is 0 Å². The zero-order chi connectivity index (χ0) is 14.1. The normalized spacial score (nSPS) is 13.9. The summed E-state index contributed by atoms with van der Waals surface area (Å²) in [4.78, 5) is 10.8. The highest BCUT2D eigenvalue weighted by atomic mass is 32.2. The van der Waals surface area contributed by atoms with Gasteiger partial charge in [-0.15, -0.1) is 0 Å². The zero-order valence-corrected chi connectivity index (χ0v) is 9.60. The molecule has 10 heteroatoms. The second-order valence-electron chi connectivity index (χ2n) is 3.46. The van der Waals surface area contributed by atoms with Crippen molar-refractivity contribution in [1.82, 2.24) is 0 Å². The third-order valence-electron chi connectivity index (χ3n) is 1.62. The average molecular weight is 282 g/mol. The molecule has 0 aliphatic heterocycles. The summed E-state index contributed by atoms with van der Waals surface area (Å²) in [7, 11) is -6.30. The van der Waals surface area contributed by atoms with Crippen molar-refractivity contribution < 1.29 is 40.1 Å². The molecule has 1 N–H and O–H groups in total. The van der Waals surface area contributed by atoms with E-state index in [1.807, 2.05) is 0 Å². The molecule has 0 rings (SSSR count).